The van der Waals surface area contributed by atoms with Gasteiger partial charge in [0.2, 0.25) is 0 Å². The molecule has 1 aromatic carbocycles. The van der Waals surface area contributed by atoms with Crippen molar-refractivity contribution in [2.24, 2.45) is 5.73 Å². The van der Waals surface area contributed by atoms with Gasteiger partial charge in [-0.1, -0.05) is 18.2 Å². The maximum absolute atomic E-state index is 11.9. The number of benzene rings is 1. The molecule has 1 aliphatic heterocycles. The van der Waals surface area contributed by atoms with Crippen LogP contribution in [0.2, 0.25) is 0 Å². The van der Waals surface area contributed by atoms with Crippen molar-refractivity contribution in [2.75, 3.05) is 11.6 Å². The lowest BCUT2D eigenvalue weighted by molar-refractivity contribution is 0.0994. The van der Waals surface area contributed by atoms with Crippen molar-refractivity contribution < 1.29 is 13.2 Å². The Morgan fingerprint density at radius 3 is 2.75 bits per heavy atom. The first-order valence-corrected chi connectivity index (χ1v) is 7.70. The van der Waals surface area contributed by atoms with E-state index in [9.17, 15) is 13.2 Å². The number of anilines is 1. The molecule has 0 atom stereocenters. The van der Waals surface area contributed by atoms with Crippen molar-refractivity contribution in [1.82, 2.24) is 9.19 Å². The van der Waals surface area contributed by atoms with E-state index in [1.165, 1.54) is 0 Å². The zero-order valence-electron chi connectivity index (χ0n) is 10.6. The number of hydrogen-bond donors (Lipinski definition) is 2. The van der Waals surface area contributed by atoms with Gasteiger partial charge in [0, 0.05) is 23.4 Å². The fraction of sp³-hybridized carbons (Fsp3) is 0.167. The SMILES string of the molecule is CS(=O)(=O)n1nc(C(N)=O)c2c1-c1ccccc1NC2. The number of nitrogens with two attached hydrogens (primary N) is 1. The van der Waals surface area contributed by atoms with Gasteiger partial charge in [-0.2, -0.15) is 9.19 Å². The molecule has 1 amide bonds. The van der Waals surface area contributed by atoms with E-state index >= 15 is 0 Å². The van der Waals surface area contributed by atoms with Gasteiger partial charge in [-0.3, -0.25) is 4.79 Å². The normalized spacial score (nSPS) is 13.2. The van der Waals surface area contributed by atoms with Gasteiger partial charge < -0.3 is 11.1 Å². The lowest BCUT2D eigenvalue weighted by atomic mass is 10.00. The molecule has 7 nitrogen and oxygen atoms in total. The van der Waals surface area contributed by atoms with E-state index in [1.54, 1.807) is 12.1 Å². The lowest BCUT2D eigenvalue weighted by Crippen LogP contribution is -2.16. The minimum absolute atomic E-state index is 0.0209. The van der Waals surface area contributed by atoms with Crippen LogP contribution in [-0.2, 0) is 16.6 Å². The highest BCUT2D eigenvalue weighted by atomic mass is 32.2. The van der Waals surface area contributed by atoms with Crippen LogP contribution in [0, 0.1) is 0 Å². The van der Waals surface area contributed by atoms with Crippen LogP contribution in [0.3, 0.4) is 0 Å². The maximum atomic E-state index is 11.9. The third-order valence-corrected chi connectivity index (χ3v) is 4.03. The second-order valence-electron chi connectivity index (χ2n) is 4.55. The maximum Gasteiger partial charge on any atom is 0.269 e. The van der Waals surface area contributed by atoms with Gasteiger partial charge in [0.25, 0.3) is 15.9 Å². The molecule has 104 valence electrons. The fourth-order valence-corrected chi connectivity index (χ4v) is 3.10. The van der Waals surface area contributed by atoms with E-state index in [2.05, 4.69) is 10.4 Å². The van der Waals surface area contributed by atoms with E-state index in [0.29, 0.717) is 23.4 Å². The van der Waals surface area contributed by atoms with Crippen molar-refractivity contribution in [3.8, 4) is 11.3 Å². The van der Waals surface area contributed by atoms with Gasteiger partial charge in [-0.05, 0) is 6.07 Å². The molecule has 2 aromatic rings. The monoisotopic (exact) mass is 292 g/mol. The predicted molar refractivity (Wildman–Crippen MR) is 73.7 cm³/mol. The molecule has 0 spiro atoms. The Kier molecular flexibility index (Phi) is 2.58. The highest BCUT2D eigenvalue weighted by molar-refractivity contribution is 7.89. The van der Waals surface area contributed by atoms with Crippen LogP contribution in [0.4, 0.5) is 5.69 Å². The van der Waals surface area contributed by atoms with Crippen molar-refractivity contribution in [2.45, 2.75) is 6.54 Å². The summed E-state index contributed by atoms with van der Waals surface area (Å²) in [6.45, 7) is 0.306. The number of amides is 1. The molecule has 0 saturated carbocycles. The summed E-state index contributed by atoms with van der Waals surface area (Å²) in [5, 5.41) is 7.00. The highest BCUT2D eigenvalue weighted by Gasteiger charge is 2.30. The van der Waals surface area contributed by atoms with Crippen LogP contribution in [0.15, 0.2) is 24.3 Å². The molecule has 0 unspecified atom stereocenters. The third-order valence-electron chi connectivity index (χ3n) is 3.14. The van der Waals surface area contributed by atoms with Crippen LogP contribution >= 0.6 is 0 Å². The zero-order valence-corrected chi connectivity index (χ0v) is 11.4. The van der Waals surface area contributed by atoms with Crippen molar-refractivity contribution in [3.63, 3.8) is 0 Å². The Morgan fingerprint density at radius 1 is 1.40 bits per heavy atom. The van der Waals surface area contributed by atoms with Gasteiger partial charge >= 0.3 is 0 Å². The van der Waals surface area contributed by atoms with E-state index in [4.69, 9.17) is 5.73 Å². The molecule has 0 bridgehead atoms. The summed E-state index contributed by atoms with van der Waals surface area (Å²) in [6.07, 6.45) is 1.04. The van der Waals surface area contributed by atoms with E-state index < -0.39 is 15.9 Å². The molecule has 8 heteroatoms. The van der Waals surface area contributed by atoms with E-state index in [1.807, 2.05) is 12.1 Å². The number of primary amides is 1. The minimum Gasteiger partial charge on any atom is -0.380 e. The second kappa shape index (κ2) is 4.07. The standard InChI is InChI=1S/C12H12N4O3S/c1-20(18,19)16-11-7-4-2-3-5-9(7)14-6-8(11)10(15-16)12(13)17/h2-5,14H,6H2,1H3,(H2,13,17). The largest absolute Gasteiger partial charge is 0.380 e. The molecule has 1 aliphatic rings. The van der Waals surface area contributed by atoms with E-state index in [-0.39, 0.29) is 5.69 Å². The summed E-state index contributed by atoms with van der Waals surface area (Å²) in [4.78, 5) is 11.4. The highest BCUT2D eigenvalue weighted by Crippen LogP contribution is 2.37. The van der Waals surface area contributed by atoms with Crippen LogP contribution < -0.4 is 11.1 Å². The Labute approximate surface area is 115 Å². The van der Waals surface area contributed by atoms with Crippen molar-refractivity contribution in [3.05, 3.63) is 35.5 Å². The van der Waals surface area contributed by atoms with Crippen molar-refractivity contribution >= 4 is 21.6 Å². The van der Waals surface area contributed by atoms with Crippen molar-refractivity contribution in [1.29, 1.82) is 0 Å². The number of fused-ring (bicyclic) bond motifs is 3. The van der Waals surface area contributed by atoms with Crippen LogP contribution in [0.5, 0.6) is 0 Å². The molecular formula is C12H12N4O3S. The average molecular weight is 292 g/mol. The first kappa shape index (κ1) is 12.7. The van der Waals surface area contributed by atoms with Crippen LogP contribution in [-0.4, -0.2) is 29.8 Å². The topological polar surface area (TPSA) is 107 Å². The predicted octanol–water partition coefficient (Wildman–Crippen LogP) is 0.382. The Morgan fingerprint density at radius 2 is 2.10 bits per heavy atom. The number of aromatic nitrogens is 2. The summed E-state index contributed by atoms with van der Waals surface area (Å²) in [7, 11) is -3.63. The molecule has 0 radical (unpaired) electrons. The quantitative estimate of drug-likeness (QED) is 0.832. The summed E-state index contributed by atoms with van der Waals surface area (Å²) in [6, 6.07) is 7.24. The van der Waals surface area contributed by atoms with Gasteiger partial charge in [0.1, 0.15) is 0 Å². The summed E-state index contributed by atoms with van der Waals surface area (Å²) < 4.78 is 24.6. The number of hydrogen-bond acceptors (Lipinski definition) is 5. The molecule has 0 saturated heterocycles. The Hall–Kier alpha value is -2.35. The summed E-state index contributed by atoms with van der Waals surface area (Å²) in [5.74, 6) is -0.746. The number of carbonyl (C=O) groups excluding carboxylic acids is 1. The Balaban J connectivity index is 2.40. The molecule has 20 heavy (non-hydrogen) atoms. The van der Waals surface area contributed by atoms with Crippen LogP contribution in [0.25, 0.3) is 11.3 Å². The van der Waals surface area contributed by atoms with Crippen LogP contribution in [0.1, 0.15) is 16.1 Å². The molecule has 1 aromatic heterocycles. The third kappa shape index (κ3) is 1.76. The van der Waals surface area contributed by atoms with E-state index in [0.717, 1.165) is 16.0 Å². The molecule has 3 rings (SSSR count). The first-order chi connectivity index (χ1) is 9.39. The fourth-order valence-electron chi connectivity index (χ4n) is 2.33. The second-order valence-corrected chi connectivity index (χ2v) is 6.36. The average Bonchev–Trinajstić information content (AvgIpc) is 2.78. The van der Waals surface area contributed by atoms with Gasteiger partial charge in [0.15, 0.2) is 5.69 Å². The molecule has 0 fully saturated rings. The number of carbonyl (C=O) groups is 1. The number of nitrogens with zero attached hydrogens (tertiary/aromatic N) is 2. The van der Waals surface area contributed by atoms with Gasteiger partial charge in [-0.15, -0.1) is 0 Å². The molecule has 3 N–H and O–H groups in total. The molecular weight excluding hydrogens is 280 g/mol. The Bertz CT molecular complexity index is 823. The molecule has 2 heterocycles. The molecule has 0 aliphatic carbocycles. The smallest absolute Gasteiger partial charge is 0.269 e. The lowest BCUT2D eigenvalue weighted by Gasteiger charge is -2.19. The number of nitrogens with one attached hydrogen (secondary N) is 1. The first-order valence-electron chi connectivity index (χ1n) is 5.85. The number of para-hydroxylation sites is 1. The van der Waals surface area contributed by atoms with Gasteiger partial charge in [-0.25, -0.2) is 8.42 Å². The van der Waals surface area contributed by atoms with Gasteiger partial charge in [0.05, 0.1) is 11.9 Å². The zero-order chi connectivity index (χ0) is 14.5. The summed E-state index contributed by atoms with van der Waals surface area (Å²) >= 11 is 0. The minimum atomic E-state index is -3.63. The summed E-state index contributed by atoms with van der Waals surface area (Å²) in [5.41, 5.74) is 7.63. The number of rotatable bonds is 2.